The highest BCUT2D eigenvalue weighted by atomic mass is 16.5. The second-order valence-corrected chi connectivity index (χ2v) is 5.92. The summed E-state index contributed by atoms with van der Waals surface area (Å²) in [6, 6.07) is 15.2. The third-order valence-corrected chi connectivity index (χ3v) is 4.01. The van der Waals surface area contributed by atoms with Crippen LogP contribution in [0.5, 0.6) is 11.5 Å². The molecule has 25 heavy (non-hydrogen) atoms. The summed E-state index contributed by atoms with van der Waals surface area (Å²) in [7, 11) is 5.64. The third kappa shape index (κ3) is 5.22. The number of likely N-dealkylation sites (N-methyl/N-ethyl adjacent to an activating group) is 1. The molecular formula is C20H26N2O3. The van der Waals surface area contributed by atoms with E-state index in [1.54, 1.807) is 19.2 Å². The number of amides is 1. The van der Waals surface area contributed by atoms with E-state index in [4.69, 9.17) is 9.47 Å². The van der Waals surface area contributed by atoms with Crippen LogP contribution in [-0.2, 0) is 0 Å². The molecule has 0 radical (unpaired) electrons. The lowest BCUT2D eigenvalue weighted by atomic mass is 10.1. The molecule has 1 amide bonds. The summed E-state index contributed by atoms with van der Waals surface area (Å²) < 4.78 is 10.6. The molecule has 0 saturated carbocycles. The van der Waals surface area contributed by atoms with Crippen molar-refractivity contribution in [2.24, 2.45) is 0 Å². The SMILES string of the molecule is CCOc1ccc(C(=O)NC[C@H](c2ccc(OC)cc2)N(C)C)cc1. The Kier molecular flexibility index (Phi) is 6.83. The number of hydrogen-bond donors (Lipinski definition) is 1. The molecule has 0 spiro atoms. The van der Waals surface area contributed by atoms with E-state index in [0.29, 0.717) is 18.7 Å². The van der Waals surface area contributed by atoms with Crippen LogP contribution in [0, 0.1) is 0 Å². The number of hydrogen-bond acceptors (Lipinski definition) is 4. The van der Waals surface area contributed by atoms with Crippen LogP contribution >= 0.6 is 0 Å². The average molecular weight is 342 g/mol. The van der Waals surface area contributed by atoms with E-state index in [-0.39, 0.29) is 11.9 Å². The van der Waals surface area contributed by atoms with E-state index in [1.165, 1.54) is 0 Å². The van der Waals surface area contributed by atoms with Crippen LogP contribution in [0.3, 0.4) is 0 Å². The van der Waals surface area contributed by atoms with Crippen molar-refractivity contribution < 1.29 is 14.3 Å². The molecule has 0 aromatic heterocycles. The summed E-state index contributed by atoms with van der Waals surface area (Å²) in [6.07, 6.45) is 0. The Morgan fingerprint density at radius 3 is 2.16 bits per heavy atom. The second kappa shape index (κ2) is 9.08. The number of nitrogens with zero attached hydrogens (tertiary/aromatic N) is 1. The van der Waals surface area contributed by atoms with Gasteiger partial charge in [0.25, 0.3) is 5.91 Å². The Bertz CT molecular complexity index is 666. The molecule has 0 aliphatic carbocycles. The van der Waals surface area contributed by atoms with Crippen molar-refractivity contribution in [3.8, 4) is 11.5 Å². The minimum atomic E-state index is -0.0941. The molecule has 0 unspecified atom stereocenters. The van der Waals surface area contributed by atoms with Gasteiger partial charge in [0, 0.05) is 12.1 Å². The van der Waals surface area contributed by atoms with Gasteiger partial charge >= 0.3 is 0 Å². The minimum absolute atomic E-state index is 0.0811. The van der Waals surface area contributed by atoms with Gasteiger partial charge in [0.1, 0.15) is 11.5 Å². The van der Waals surface area contributed by atoms with Crippen molar-refractivity contribution in [3.05, 3.63) is 59.7 Å². The van der Waals surface area contributed by atoms with Crippen molar-refractivity contribution in [2.75, 3.05) is 34.4 Å². The summed E-state index contributed by atoms with van der Waals surface area (Å²) >= 11 is 0. The van der Waals surface area contributed by atoms with Crippen LogP contribution in [0.2, 0.25) is 0 Å². The Hall–Kier alpha value is -2.53. The number of carbonyl (C=O) groups excluding carboxylic acids is 1. The maximum Gasteiger partial charge on any atom is 0.251 e. The fourth-order valence-electron chi connectivity index (χ4n) is 2.59. The highest BCUT2D eigenvalue weighted by Gasteiger charge is 2.16. The predicted molar refractivity (Wildman–Crippen MR) is 99.4 cm³/mol. The second-order valence-electron chi connectivity index (χ2n) is 5.92. The van der Waals surface area contributed by atoms with Gasteiger partial charge in [-0.3, -0.25) is 4.79 Å². The smallest absolute Gasteiger partial charge is 0.251 e. The van der Waals surface area contributed by atoms with Crippen molar-refractivity contribution in [2.45, 2.75) is 13.0 Å². The number of nitrogens with one attached hydrogen (secondary N) is 1. The maximum atomic E-state index is 12.4. The minimum Gasteiger partial charge on any atom is -0.497 e. The summed E-state index contributed by atoms with van der Waals surface area (Å²) in [4.78, 5) is 14.5. The number of carbonyl (C=O) groups is 1. The van der Waals surface area contributed by atoms with Crippen molar-refractivity contribution >= 4 is 5.91 Å². The van der Waals surface area contributed by atoms with Crippen LogP contribution in [-0.4, -0.2) is 45.2 Å². The van der Waals surface area contributed by atoms with Crippen LogP contribution in [0.15, 0.2) is 48.5 Å². The number of methoxy groups -OCH3 is 1. The quantitative estimate of drug-likeness (QED) is 0.801. The molecule has 0 heterocycles. The molecule has 5 nitrogen and oxygen atoms in total. The van der Waals surface area contributed by atoms with Crippen LogP contribution in [0.4, 0.5) is 0 Å². The van der Waals surface area contributed by atoms with E-state index in [0.717, 1.165) is 17.1 Å². The molecule has 0 aliphatic rings. The van der Waals surface area contributed by atoms with Gasteiger partial charge in [0.15, 0.2) is 0 Å². The highest BCUT2D eigenvalue weighted by molar-refractivity contribution is 5.94. The fraction of sp³-hybridized carbons (Fsp3) is 0.350. The third-order valence-electron chi connectivity index (χ3n) is 4.01. The van der Waals surface area contributed by atoms with Crippen molar-refractivity contribution in [3.63, 3.8) is 0 Å². The molecule has 5 heteroatoms. The summed E-state index contributed by atoms with van der Waals surface area (Å²) in [6.45, 7) is 3.06. The van der Waals surface area contributed by atoms with Crippen molar-refractivity contribution in [1.29, 1.82) is 0 Å². The van der Waals surface area contributed by atoms with Gasteiger partial charge in [-0.1, -0.05) is 12.1 Å². The van der Waals surface area contributed by atoms with Gasteiger partial charge in [0.2, 0.25) is 0 Å². The number of benzene rings is 2. The fourth-order valence-corrected chi connectivity index (χ4v) is 2.59. The molecule has 134 valence electrons. The molecule has 0 bridgehead atoms. The molecule has 0 fully saturated rings. The predicted octanol–water partition coefficient (Wildman–Crippen LogP) is 3.13. The zero-order valence-corrected chi connectivity index (χ0v) is 15.3. The molecule has 1 atom stereocenters. The lowest BCUT2D eigenvalue weighted by Gasteiger charge is -2.25. The largest absolute Gasteiger partial charge is 0.497 e. The molecule has 2 aromatic carbocycles. The Morgan fingerprint density at radius 1 is 1.04 bits per heavy atom. The first-order valence-electron chi connectivity index (χ1n) is 8.36. The molecule has 2 aromatic rings. The maximum absolute atomic E-state index is 12.4. The molecule has 2 rings (SSSR count). The first-order chi connectivity index (χ1) is 12.0. The summed E-state index contributed by atoms with van der Waals surface area (Å²) in [5, 5.41) is 3.01. The van der Waals surface area contributed by atoms with Gasteiger partial charge in [-0.25, -0.2) is 0 Å². The van der Waals surface area contributed by atoms with Crippen LogP contribution < -0.4 is 14.8 Å². The van der Waals surface area contributed by atoms with E-state index in [1.807, 2.05) is 57.4 Å². The van der Waals surface area contributed by atoms with Crippen LogP contribution in [0.25, 0.3) is 0 Å². The van der Waals surface area contributed by atoms with E-state index < -0.39 is 0 Å². The number of ether oxygens (including phenoxy) is 2. The summed E-state index contributed by atoms with van der Waals surface area (Å²) in [5.74, 6) is 1.49. The van der Waals surface area contributed by atoms with E-state index >= 15 is 0 Å². The first-order valence-corrected chi connectivity index (χ1v) is 8.36. The Balaban J connectivity index is 2.01. The molecular weight excluding hydrogens is 316 g/mol. The average Bonchev–Trinajstić information content (AvgIpc) is 2.63. The van der Waals surface area contributed by atoms with Gasteiger partial charge in [-0.05, 0) is 63.0 Å². The van der Waals surface area contributed by atoms with Gasteiger partial charge in [-0.15, -0.1) is 0 Å². The van der Waals surface area contributed by atoms with E-state index in [2.05, 4.69) is 10.2 Å². The molecule has 0 aliphatic heterocycles. The van der Waals surface area contributed by atoms with Gasteiger partial charge in [-0.2, -0.15) is 0 Å². The molecule has 1 N–H and O–H groups in total. The monoisotopic (exact) mass is 342 g/mol. The highest BCUT2D eigenvalue weighted by Crippen LogP contribution is 2.21. The Labute approximate surface area is 149 Å². The first kappa shape index (κ1) is 18.8. The lowest BCUT2D eigenvalue weighted by Crippen LogP contribution is -2.34. The van der Waals surface area contributed by atoms with Gasteiger partial charge in [0.05, 0.1) is 19.8 Å². The summed E-state index contributed by atoms with van der Waals surface area (Å²) in [5.41, 5.74) is 1.74. The topological polar surface area (TPSA) is 50.8 Å². The van der Waals surface area contributed by atoms with Gasteiger partial charge < -0.3 is 19.7 Å². The van der Waals surface area contributed by atoms with E-state index in [9.17, 15) is 4.79 Å². The zero-order valence-electron chi connectivity index (χ0n) is 15.3. The van der Waals surface area contributed by atoms with Crippen molar-refractivity contribution in [1.82, 2.24) is 10.2 Å². The normalized spacial score (nSPS) is 11.9. The Morgan fingerprint density at radius 2 is 1.64 bits per heavy atom. The standard InChI is InChI=1S/C20H26N2O3/c1-5-25-18-12-8-16(9-13-18)20(23)21-14-19(22(2)3)15-6-10-17(24-4)11-7-15/h6-13,19H,5,14H2,1-4H3,(H,21,23)/t19-/m1/s1. The van der Waals surface area contributed by atoms with Crippen LogP contribution in [0.1, 0.15) is 28.9 Å². The molecule has 0 saturated heterocycles. The number of rotatable bonds is 8. The lowest BCUT2D eigenvalue weighted by molar-refractivity contribution is 0.0942. The zero-order chi connectivity index (χ0) is 18.2.